The minimum absolute atomic E-state index is 0.190. The molecule has 1 heterocycles. The summed E-state index contributed by atoms with van der Waals surface area (Å²) in [7, 11) is 3.31. The van der Waals surface area contributed by atoms with E-state index in [-0.39, 0.29) is 18.4 Å². The number of carbonyl (C=O) groups excluding carboxylic acids is 3. The topological polar surface area (TPSA) is 106 Å². The zero-order valence-corrected chi connectivity index (χ0v) is 18.1. The molecule has 0 radical (unpaired) electrons. The maximum absolute atomic E-state index is 12.7. The number of esters is 1. The average molecular weight is 421 g/mol. The van der Waals surface area contributed by atoms with Crippen LogP contribution in [0.1, 0.15) is 40.7 Å². The zero-order chi connectivity index (χ0) is 22.1. The van der Waals surface area contributed by atoms with Crippen LogP contribution in [0.4, 0.5) is 4.79 Å². The van der Waals surface area contributed by atoms with E-state index in [1.54, 1.807) is 20.2 Å². The van der Waals surface area contributed by atoms with Crippen LogP contribution < -0.4 is 15.4 Å². The van der Waals surface area contributed by atoms with Crippen molar-refractivity contribution in [2.45, 2.75) is 39.2 Å². The third-order valence-electron chi connectivity index (χ3n) is 5.10. The van der Waals surface area contributed by atoms with Gasteiger partial charge in [0.1, 0.15) is 5.75 Å². The van der Waals surface area contributed by atoms with Gasteiger partial charge in [-0.1, -0.05) is 0 Å². The Bertz CT molecular complexity index is 767. The first-order valence-electron chi connectivity index (χ1n) is 10.0. The summed E-state index contributed by atoms with van der Waals surface area (Å²) in [6, 6.07) is 3.35. The van der Waals surface area contributed by atoms with Crippen molar-refractivity contribution in [3.8, 4) is 5.75 Å². The first-order valence-corrected chi connectivity index (χ1v) is 10.0. The van der Waals surface area contributed by atoms with Gasteiger partial charge in [-0.25, -0.2) is 4.79 Å². The molecule has 0 spiro atoms. The third-order valence-corrected chi connectivity index (χ3v) is 5.10. The van der Waals surface area contributed by atoms with Gasteiger partial charge in [0.2, 0.25) is 6.79 Å². The Labute approximate surface area is 177 Å². The summed E-state index contributed by atoms with van der Waals surface area (Å²) in [6.07, 6.45) is 1.13. The van der Waals surface area contributed by atoms with Crippen molar-refractivity contribution >= 4 is 18.0 Å². The SMILES string of the molecule is CNCCC(=O)OCOC(=O)N1CCCC(NC(=O)c2cc(C)c(C)c(OC)c2)C1. The molecule has 2 amide bonds. The molecule has 1 aromatic rings. The fourth-order valence-corrected chi connectivity index (χ4v) is 3.24. The third kappa shape index (κ3) is 6.62. The highest BCUT2D eigenvalue weighted by atomic mass is 16.7. The summed E-state index contributed by atoms with van der Waals surface area (Å²) in [4.78, 5) is 37.9. The Morgan fingerprint density at radius 2 is 1.97 bits per heavy atom. The van der Waals surface area contributed by atoms with Crippen LogP contribution in [0.5, 0.6) is 5.75 Å². The Balaban J connectivity index is 1.86. The zero-order valence-electron chi connectivity index (χ0n) is 18.1. The van der Waals surface area contributed by atoms with Gasteiger partial charge in [-0.15, -0.1) is 0 Å². The lowest BCUT2D eigenvalue weighted by Gasteiger charge is -2.32. The van der Waals surface area contributed by atoms with E-state index in [1.165, 1.54) is 4.90 Å². The number of amides is 2. The number of nitrogens with one attached hydrogen (secondary N) is 2. The van der Waals surface area contributed by atoms with Crippen LogP contribution in [0, 0.1) is 13.8 Å². The van der Waals surface area contributed by atoms with Crippen molar-refractivity contribution in [3.05, 3.63) is 28.8 Å². The molecule has 1 atom stereocenters. The number of methoxy groups -OCH3 is 1. The number of carbonyl (C=O) groups is 3. The molecule has 0 saturated carbocycles. The first-order chi connectivity index (χ1) is 14.3. The van der Waals surface area contributed by atoms with Crippen LogP contribution in [0.15, 0.2) is 12.1 Å². The molecule has 1 aromatic carbocycles. The fourth-order valence-electron chi connectivity index (χ4n) is 3.24. The fraction of sp³-hybridized carbons (Fsp3) is 0.571. The van der Waals surface area contributed by atoms with Gasteiger partial charge in [-0.3, -0.25) is 9.59 Å². The van der Waals surface area contributed by atoms with Crippen LogP contribution in [0.2, 0.25) is 0 Å². The molecule has 2 rings (SSSR count). The molecule has 2 N–H and O–H groups in total. The van der Waals surface area contributed by atoms with Gasteiger partial charge < -0.3 is 29.7 Å². The second kappa shape index (κ2) is 11.4. The van der Waals surface area contributed by atoms with E-state index in [0.29, 0.717) is 30.9 Å². The molecule has 9 nitrogen and oxygen atoms in total. The molecule has 0 bridgehead atoms. The molecule has 1 aliphatic rings. The smallest absolute Gasteiger partial charge is 0.412 e. The Morgan fingerprint density at radius 3 is 2.67 bits per heavy atom. The minimum Gasteiger partial charge on any atom is -0.496 e. The molecule has 1 unspecified atom stereocenters. The van der Waals surface area contributed by atoms with Crippen molar-refractivity contribution < 1.29 is 28.6 Å². The molecule has 1 aliphatic heterocycles. The number of nitrogens with zero attached hydrogens (tertiary/aromatic N) is 1. The number of hydrogen-bond acceptors (Lipinski definition) is 7. The Hall–Kier alpha value is -2.81. The highest BCUT2D eigenvalue weighted by Gasteiger charge is 2.26. The van der Waals surface area contributed by atoms with E-state index in [4.69, 9.17) is 14.2 Å². The summed E-state index contributed by atoms with van der Waals surface area (Å²) in [5.74, 6) is 0.0121. The van der Waals surface area contributed by atoms with E-state index < -0.39 is 18.9 Å². The molecule has 1 saturated heterocycles. The number of benzene rings is 1. The molecule has 9 heteroatoms. The lowest BCUT2D eigenvalue weighted by Crippen LogP contribution is -2.49. The summed E-state index contributed by atoms with van der Waals surface area (Å²) in [5, 5.41) is 5.81. The van der Waals surface area contributed by atoms with E-state index in [9.17, 15) is 14.4 Å². The van der Waals surface area contributed by atoms with E-state index in [2.05, 4.69) is 10.6 Å². The van der Waals surface area contributed by atoms with Gasteiger partial charge in [0, 0.05) is 31.2 Å². The van der Waals surface area contributed by atoms with E-state index in [0.717, 1.165) is 24.0 Å². The second-order valence-corrected chi connectivity index (χ2v) is 7.28. The monoisotopic (exact) mass is 421 g/mol. The predicted molar refractivity (Wildman–Crippen MR) is 111 cm³/mol. The number of piperidine rings is 1. The van der Waals surface area contributed by atoms with Crippen LogP contribution in [-0.4, -0.2) is 69.5 Å². The molecular weight excluding hydrogens is 390 g/mol. The van der Waals surface area contributed by atoms with Crippen LogP contribution in [-0.2, 0) is 14.3 Å². The summed E-state index contributed by atoms with van der Waals surface area (Å²) >= 11 is 0. The standard InChI is InChI=1S/C21H31N3O6/c1-14-10-16(11-18(28-4)15(14)2)20(26)23-17-6-5-9-24(12-17)21(27)30-13-29-19(25)7-8-22-3/h10-11,17,22H,5-9,12-13H2,1-4H3,(H,23,26). The Kier molecular flexibility index (Phi) is 8.91. The van der Waals surface area contributed by atoms with Gasteiger partial charge in [-0.05, 0) is 57.0 Å². The first kappa shape index (κ1) is 23.5. The van der Waals surface area contributed by atoms with Gasteiger partial charge >= 0.3 is 12.1 Å². The summed E-state index contributed by atoms with van der Waals surface area (Å²) < 4.78 is 15.2. The van der Waals surface area contributed by atoms with Gasteiger partial charge in [0.05, 0.1) is 13.5 Å². The normalized spacial score (nSPS) is 16.0. The Morgan fingerprint density at radius 1 is 1.20 bits per heavy atom. The average Bonchev–Trinajstić information content (AvgIpc) is 2.74. The summed E-state index contributed by atoms with van der Waals surface area (Å²) in [5.41, 5.74) is 2.48. The highest BCUT2D eigenvalue weighted by Crippen LogP contribution is 2.23. The van der Waals surface area contributed by atoms with E-state index in [1.807, 2.05) is 19.9 Å². The van der Waals surface area contributed by atoms with Crippen LogP contribution in [0.3, 0.4) is 0 Å². The van der Waals surface area contributed by atoms with Crippen molar-refractivity contribution in [3.63, 3.8) is 0 Å². The predicted octanol–water partition coefficient (Wildman–Crippen LogP) is 1.75. The minimum atomic E-state index is -0.566. The number of rotatable bonds is 8. The summed E-state index contributed by atoms with van der Waals surface area (Å²) in [6.45, 7) is 4.80. The van der Waals surface area contributed by atoms with Gasteiger partial charge in [-0.2, -0.15) is 0 Å². The molecule has 1 fully saturated rings. The quantitative estimate of drug-likeness (QED) is 0.487. The number of hydrogen-bond donors (Lipinski definition) is 2. The molecular formula is C21H31N3O6. The maximum atomic E-state index is 12.7. The maximum Gasteiger partial charge on any atom is 0.412 e. The highest BCUT2D eigenvalue weighted by molar-refractivity contribution is 5.95. The van der Waals surface area contributed by atoms with Crippen molar-refractivity contribution in [2.24, 2.45) is 0 Å². The van der Waals surface area contributed by atoms with Crippen LogP contribution in [0.25, 0.3) is 0 Å². The largest absolute Gasteiger partial charge is 0.496 e. The molecule has 30 heavy (non-hydrogen) atoms. The lowest BCUT2D eigenvalue weighted by atomic mass is 10.0. The van der Waals surface area contributed by atoms with Crippen molar-refractivity contribution in [2.75, 3.05) is 40.6 Å². The van der Waals surface area contributed by atoms with E-state index >= 15 is 0 Å². The second-order valence-electron chi connectivity index (χ2n) is 7.28. The van der Waals surface area contributed by atoms with Gasteiger partial charge in [0.25, 0.3) is 5.91 Å². The van der Waals surface area contributed by atoms with Crippen LogP contribution >= 0.6 is 0 Å². The molecule has 0 aliphatic carbocycles. The number of likely N-dealkylation sites (tertiary alicyclic amines) is 1. The molecule has 0 aromatic heterocycles. The van der Waals surface area contributed by atoms with Gasteiger partial charge in [0.15, 0.2) is 0 Å². The number of aryl methyl sites for hydroxylation is 1. The van der Waals surface area contributed by atoms with Crippen molar-refractivity contribution in [1.82, 2.24) is 15.5 Å². The number of ether oxygens (including phenoxy) is 3. The van der Waals surface area contributed by atoms with Crippen molar-refractivity contribution in [1.29, 1.82) is 0 Å². The lowest BCUT2D eigenvalue weighted by molar-refractivity contribution is -0.152. The molecule has 166 valence electrons.